The van der Waals surface area contributed by atoms with Gasteiger partial charge in [0.15, 0.2) is 0 Å². The molecule has 1 unspecified atom stereocenters. The number of rotatable bonds is 6. The van der Waals surface area contributed by atoms with Crippen LogP contribution in [0.25, 0.3) is 0 Å². The van der Waals surface area contributed by atoms with Crippen molar-refractivity contribution in [2.75, 3.05) is 0 Å². The van der Waals surface area contributed by atoms with Gasteiger partial charge >= 0.3 is 0 Å². The molecule has 2 aromatic carbocycles. The molecule has 1 aromatic heterocycles. The van der Waals surface area contributed by atoms with Gasteiger partial charge in [-0.1, -0.05) is 41.6 Å². The molecule has 0 fully saturated rings. The minimum Gasteiger partial charge on any atom is -0.366 e. The van der Waals surface area contributed by atoms with Crippen LogP contribution in [0, 0.1) is 0 Å². The average molecular weight is 423 g/mol. The number of pyridine rings is 1. The first kappa shape index (κ1) is 19.5. The van der Waals surface area contributed by atoms with Crippen molar-refractivity contribution in [2.24, 2.45) is 5.73 Å². The summed E-state index contributed by atoms with van der Waals surface area (Å²) in [6.07, 6.45) is 5.73. The highest BCUT2D eigenvalue weighted by atomic mass is 35.5. The van der Waals surface area contributed by atoms with Gasteiger partial charge in [-0.05, 0) is 53.6 Å². The van der Waals surface area contributed by atoms with Crippen molar-refractivity contribution in [1.82, 2.24) is 15.4 Å². The highest BCUT2D eigenvalue weighted by Crippen LogP contribution is 2.40. The van der Waals surface area contributed by atoms with Gasteiger partial charge in [0, 0.05) is 39.0 Å². The lowest BCUT2D eigenvalue weighted by atomic mass is 10.1. The molecule has 3 N–H and O–H groups in total. The Hall–Kier alpha value is -2.80. The van der Waals surface area contributed by atoms with Crippen LogP contribution in [0.1, 0.15) is 27.5 Å². The lowest BCUT2D eigenvalue weighted by Crippen LogP contribution is -2.30. The highest BCUT2D eigenvalue weighted by molar-refractivity contribution is 8.03. The maximum Gasteiger partial charge on any atom is 0.248 e. The van der Waals surface area contributed by atoms with Gasteiger partial charge in [-0.3, -0.25) is 9.78 Å². The number of nitrogens with zero attached hydrogens (tertiary/aromatic N) is 2. The fourth-order valence-electron chi connectivity index (χ4n) is 3.08. The second-order valence-corrected chi connectivity index (χ2v) is 8.21. The van der Waals surface area contributed by atoms with Gasteiger partial charge in [0.05, 0.1) is 12.6 Å². The molecule has 0 aliphatic carbocycles. The van der Waals surface area contributed by atoms with E-state index in [0.29, 0.717) is 17.1 Å². The molecule has 2 heterocycles. The van der Waals surface area contributed by atoms with E-state index in [1.165, 1.54) is 0 Å². The smallest absolute Gasteiger partial charge is 0.248 e. The van der Waals surface area contributed by atoms with Gasteiger partial charge in [-0.2, -0.15) is 0 Å². The molecule has 3 aromatic rings. The summed E-state index contributed by atoms with van der Waals surface area (Å²) in [5, 5.41) is 2.77. The van der Waals surface area contributed by atoms with Crippen molar-refractivity contribution in [2.45, 2.75) is 17.5 Å². The Kier molecular flexibility index (Phi) is 5.85. The molecule has 1 atom stereocenters. The standard InChI is InChI=1S/C22H19ClN4OS/c23-18-7-9-19(10-8-18)29-20-14-27(13-15-2-1-11-25-12-15)26-21(20)16-3-5-17(6-4-16)22(24)28/h1-12,14,21,26H,13H2,(H2,24,28). The zero-order valence-corrected chi connectivity index (χ0v) is 17.0. The molecule has 4 rings (SSSR count). The van der Waals surface area contributed by atoms with Crippen molar-refractivity contribution >= 4 is 29.3 Å². The summed E-state index contributed by atoms with van der Waals surface area (Å²) >= 11 is 7.70. The normalized spacial score (nSPS) is 16.0. The molecule has 5 nitrogen and oxygen atoms in total. The topological polar surface area (TPSA) is 71.2 Å². The average Bonchev–Trinajstić information content (AvgIpc) is 3.12. The lowest BCUT2D eigenvalue weighted by molar-refractivity contribution is 0.100. The summed E-state index contributed by atoms with van der Waals surface area (Å²) in [5.74, 6) is -0.430. The number of carbonyl (C=O) groups excluding carboxylic acids is 1. The van der Waals surface area contributed by atoms with Gasteiger partial charge in [0.25, 0.3) is 0 Å². The number of thioether (sulfide) groups is 1. The number of hydrogen-bond acceptors (Lipinski definition) is 5. The molecule has 1 aliphatic rings. The number of nitrogens with one attached hydrogen (secondary N) is 1. The molecular weight excluding hydrogens is 404 g/mol. The van der Waals surface area contributed by atoms with Crippen molar-refractivity contribution in [3.63, 3.8) is 0 Å². The molecule has 0 radical (unpaired) electrons. The molecular formula is C22H19ClN4OS. The lowest BCUT2D eigenvalue weighted by Gasteiger charge is -2.21. The summed E-state index contributed by atoms with van der Waals surface area (Å²) in [4.78, 5) is 17.8. The highest BCUT2D eigenvalue weighted by Gasteiger charge is 2.26. The van der Waals surface area contributed by atoms with Gasteiger partial charge in [-0.15, -0.1) is 0 Å². The number of halogens is 1. The number of amides is 1. The summed E-state index contributed by atoms with van der Waals surface area (Å²) in [6, 6.07) is 19.1. The van der Waals surface area contributed by atoms with E-state index in [1.54, 1.807) is 30.1 Å². The van der Waals surface area contributed by atoms with E-state index in [-0.39, 0.29) is 6.04 Å². The number of nitrogens with two attached hydrogens (primary N) is 1. The third kappa shape index (κ3) is 4.79. The zero-order chi connectivity index (χ0) is 20.2. The SMILES string of the molecule is NC(=O)c1ccc(C2NN(Cc3cccnc3)C=C2Sc2ccc(Cl)cc2)cc1. The number of aromatic nitrogens is 1. The predicted molar refractivity (Wildman–Crippen MR) is 116 cm³/mol. The van der Waals surface area contributed by atoms with E-state index in [2.05, 4.69) is 21.6 Å². The first-order valence-corrected chi connectivity index (χ1v) is 10.2. The Morgan fingerprint density at radius 3 is 2.55 bits per heavy atom. The van der Waals surface area contributed by atoms with E-state index in [9.17, 15) is 4.79 Å². The molecule has 29 heavy (non-hydrogen) atoms. The van der Waals surface area contributed by atoms with Crippen molar-refractivity contribution in [1.29, 1.82) is 0 Å². The molecule has 0 bridgehead atoms. The van der Waals surface area contributed by atoms with Crippen molar-refractivity contribution in [3.8, 4) is 0 Å². The van der Waals surface area contributed by atoms with Crippen LogP contribution in [0.15, 0.2) is 89.1 Å². The van der Waals surface area contributed by atoms with E-state index in [4.69, 9.17) is 17.3 Å². The number of hydrogen-bond donors (Lipinski definition) is 2. The molecule has 1 aliphatic heterocycles. The zero-order valence-electron chi connectivity index (χ0n) is 15.5. The van der Waals surface area contributed by atoms with E-state index in [1.807, 2.05) is 54.7 Å². The summed E-state index contributed by atoms with van der Waals surface area (Å²) in [6.45, 7) is 0.689. The van der Waals surface area contributed by atoms with Crippen LogP contribution in [0.3, 0.4) is 0 Å². The van der Waals surface area contributed by atoms with Crippen LogP contribution < -0.4 is 11.2 Å². The van der Waals surface area contributed by atoms with Crippen LogP contribution in [-0.4, -0.2) is 15.9 Å². The second kappa shape index (κ2) is 8.69. The fraction of sp³-hybridized carbons (Fsp3) is 0.0909. The minimum absolute atomic E-state index is 0.0331. The first-order chi connectivity index (χ1) is 14.1. The summed E-state index contributed by atoms with van der Waals surface area (Å²) < 4.78 is 0. The number of benzene rings is 2. The van der Waals surface area contributed by atoms with Gasteiger partial charge in [0.1, 0.15) is 0 Å². The van der Waals surface area contributed by atoms with Crippen LogP contribution >= 0.6 is 23.4 Å². The Morgan fingerprint density at radius 2 is 1.90 bits per heavy atom. The van der Waals surface area contributed by atoms with Crippen LogP contribution in [0.2, 0.25) is 5.02 Å². The molecule has 146 valence electrons. The Labute approximate surface area is 178 Å². The van der Waals surface area contributed by atoms with Crippen LogP contribution in [0.4, 0.5) is 0 Å². The molecule has 7 heteroatoms. The van der Waals surface area contributed by atoms with Gasteiger partial charge in [0.2, 0.25) is 5.91 Å². The quantitative estimate of drug-likeness (QED) is 0.610. The van der Waals surface area contributed by atoms with Crippen LogP contribution in [-0.2, 0) is 6.54 Å². The van der Waals surface area contributed by atoms with Crippen LogP contribution in [0.5, 0.6) is 0 Å². The van der Waals surface area contributed by atoms with E-state index in [0.717, 1.165) is 20.9 Å². The second-order valence-electron chi connectivity index (χ2n) is 6.62. The van der Waals surface area contributed by atoms with Gasteiger partial charge < -0.3 is 10.7 Å². The molecule has 0 saturated heterocycles. The molecule has 0 saturated carbocycles. The summed E-state index contributed by atoms with van der Waals surface area (Å²) in [7, 11) is 0. The van der Waals surface area contributed by atoms with E-state index < -0.39 is 5.91 Å². The minimum atomic E-state index is -0.430. The largest absolute Gasteiger partial charge is 0.366 e. The van der Waals surface area contributed by atoms with Crippen molar-refractivity contribution in [3.05, 3.63) is 106 Å². The predicted octanol–water partition coefficient (Wildman–Crippen LogP) is 4.53. The number of primary amides is 1. The fourth-order valence-corrected chi connectivity index (χ4v) is 4.23. The van der Waals surface area contributed by atoms with Gasteiger partial charge in [-0.25, -0.2) is 5.43 Å². The maximum absolute atomic E-state index is 11.4. The molecule has 1 amide bonds. The third-order valence-corrected chi connectivity index (χ3v) is 5.85. The Bertz CT molecular complexity index is 1020. The maximum atomic E-state index is 11.4. The van der Waals surface area contributed by atoms with Crippen molar-refractivity contribution < 1.29 is 4.79 Å². The number of hydrazine groups is 1. The summed E-state index contributed by atoms with van der Waals surface area (Å²) in [5.41, 5.74) is 11.6. The Morgan fingerprint density at radius 1 is 1.14 bits per heavy atom. The number of carbonyl (C=O) groups is 1. The first-order valence-electron chi connectivity index (χ1n) is 9.05. The third-order valence-electron chi connectivity index (χ3n) is 4.52. The van der Waals surface area contributed by atoms with E-state index >= 15 is 0 Å². The molecule has 0 spiro atoms. The monoisotopic (exact) mass is 422 g/mol. The Balaban J connectivity index is 1.59.